The van der Waals surface area contributed by atoms with E-state index in [-0.39, 0.29) is 11.4 Å². The lowest BCUT2D eigenvalue weighted by Crippen LogP contribution is -2.06. The Labute approximate surface area is 87.9 Å². The Hall–Kier alpha value is -1.78. The summed E-state index contributed by atoms with van der Waals surface area (Å²) < 4.78 is 5.28. The highest BCUT2D eigenvalue weighted by Crippen LogP contribution is 2.15. The molecule has 0 aromatic carbocycles. The summed E-state index contributed by atoms with van der Waals surface area (Å²) in [6.07, 6.45) is 1.96. The molecular formula is C10H14N2O3. The molecule has 0 atom stereocenters. The van der Waals surface area contributed by atoms with Gasteiger partial charge in [-0.05, 0) is 12.5 Å². The minimum absolute atomic E-state index is 0.00200. The number of aromatic nitrogens is 1. The summed E-state index contributed by atoms with van der Waals surface area (Å²) >= 11 is 0. The van der Waals surface area contributed by atoms with Crippen LogP contribution >= 0.6 is 0 Å². The topological polar surface area (TPSA) is 85.4 Å². The molecule has 1 heterocycles. The number of ether oxygens (including phenoxy) is 1. The van der Waals surface area contributed by atoms with Crippen LogP contribution in [-0.2, 0) is 0 Å². The van der Waals surface area contributed by atoms with Crippen molar-refractivity contribution in [2.45, 2.75) is 19.8 Å². The normalized spacial score (nSPS) is 9.93. The van der Waals surface area contributed by atoms with Crippen LogP contribution in [0.25, 0.3) is 0 Å². The molecule has 0 unspecified atom stereocenters. The Morgan fingerprint density at radius 3 is 2.87 bits per heavy atom. The summed E-state index contributed by atoms with van der Waals surface area (Å²) in [6.45, 7) is 2.62. The molecule has 0 fully saturated rings. The van der Waals surface area contributed by atoms with Crippen molar-refractivity contribution in [3.8, 4) is 5.88 Å². The molecule has 0 radical (unpaired) electrons. The third kappa shape index (κ3) is 3.12. The summed E-state index contributed by atoms with van der Waals surface area (Å²) in [5.74, 6) is -0.734. The number of pyridine rings is 1. The van der Waals surface area contributed by atoms with Crippen LogP contribution in [0.4, 0.5) is 5.82 Å². The van der Waals surface area contributed by atoms with Crippen molar-refractivity contribution < 1.29 is 14.6 Å². The van der Waals surface area contributed by atoms with Crippen LogP contribution in [0.15, 0.2) is 12.1 Å². The number of rotatable bonds is 5. The van der Waals surface area contributed by atoms with E-state index in [0.29, 0.717) is 12.5 Å². The second-order valence-electron chi connectivity index (χ2n) is 3.09. The summed E-state index contributed by atoms with van der Waals surface area (Å²) in [5.41, 5.74) is 5.45. The molecule has 3 N–H and O–H groups in total. The standard InChI is InChI=1S/C10H14N2O3/c1-2-3-6-15-8-5-4-7(10(13)14)9(11)12-8/h4-5H,2-3,6H2,1H3,(H2,11,12)(H,13,14). The summed E-state index contributed by atoms with van der Waals surface area (Å²) in [6, 6.07) is 2.90. The first-order valence-electron chi connectivity index (χ1n) is 4.77. The fourth-order valence-electron chi connectivity index (χ4n) is 1.04. The fraction of sp³-hybridized carbons (Fsp3) is 0.400. The Bertz CT molecular complexity index is 353. The highest BCUT2D eigenvalue weighted by atomic mass is 16.5. The van der Waals surface area contributed by atoms with E-state index >= 15 is 0 Å². The highest BCUT2D eigenvalue weighted by Gasteiger charge is 2.09. The molecular weight excluding hydrogens is 196 g/mol. The predicted molar refractivity (Wildman–Crippen MR) is 56.0 cm³/mol. The Balaban J connectivity index is 2.69. The average Bonchev–Trinajstić information content (AvgIpc) is 2.17. The van der Waals surface area contributed by atoms with Crippen LogP contribution < -0.4 is 10.5 Å². The van der Waals surface area contributed by atoms with E-state index in [9.17, 15) is 4.79 Å². The van der Waals surface area contributed by atoms with Gasteiger partial charge < -0.3 is 15.6 Å². The molecule has 15 heavy (non-hydrogen) atoms. The number of nitrogens with two attached hydrogens (primary N) is 1. The van der Waals surface area contributed by atoms with E-state index in [2.05, 4.69) is 11.9 Å². The van der Waals surface area contributed by atoms with Crippen molar-refractivity contribution in [1.82, 2.24) is 4.98 Å². The molecule has 1 rings (SSSR count). The van der Waals surface area contributed by atoms with Gasteiger partial charge in [0.15, 0.2) is 0 Å². The maximum atomic E-state index is 10.6. The number of anilines is 1. The molecule has 5 heteroatoms. The lowest BCUT2D eigenvalue weighted by molar-refractivity contribution is 0.0697. The van der Waals surface area contributed by atoms with Gasteiger partial charge in [0.05, 0.1) is 6.61 Å². The van der Waals surface area contributed by atoms with Crippen LogP contribution in [0.1, 0.15) is 30.1 Å². The van der Waals surface area contributed by atoms with E-state index < -0.39 is 5.97 Å². The van der Waals surface area contributed by atoms with Gasteiger partial charge in [-0.3, -0.25) is 0 Å². The molecule has 0 bridgehead atoms. The van der Waals surface area contributed by atoms with Gasteiger partial charge in [-0.25, -0.2) is 4.79 Å². The van der Waals surface area contributed by atoms with Crippen LogP contribution in [0, 0.1) is 0 Å². The fourth-order valence-corrected chi connectivity index (χ4v) is 1.04. The third-order valence-electron chi connectivity index (χ3n) is 1.88. The minimum atomic E-state index is -1.08. The average molecular weight is 210 g/mol. The summed E-state index contributed by atoms with van der Waals surface area (Å²) in [5, 5.41) is 8.71. The predicted octanol–water partition coefficient (Wildman–Crippen LogP) is 1.54. The third-order valence-corrected chi connectivity index (χ3v) is 1.88. The van der Waals surface area contributed by atoms with Gasteiger partial charge in [0.1, 0.15) is 11.4 Å². The first kappa shape index (κ1) is 11.3. The van der Waals surface area contributed by atoms with Crippen molar-refractivity contribution in [1.29, 1.82) is 0 Å². The molecule has 0 aliphatic rings. The maximum absolute atomic E-state index is 10.6. The Kier molecular flexibility index (Phi) is 3.91. The Morgan fingerprint density at radius 1 is 1.60 bits per heavy atom. The second-order valence-corrected chi connectivity index (χ2v) is 3.09. The van der Waals surface area contributed by atoms with E-state index in [1.807, 2.05) is 0 Å². The molecule has 1 aromatic heterocycles. The van der Waals surface area contributed by atoms with E-state index in [1.165, 1.54) is 12.1 Å². The second kappa shape index (κ2) is 5.19. The molecule has 0 saturated heterocycles. The molecule has 1 aromatic rings. The number of aromatic carboxylic acids is 1. The maximum Gasteiger partial charge on any atom is 0.339 e. The van der Waals surface area contributed by atoms with Gasteiger partial charge in [0.25, 0.3) is 0 Å². The van der Waals surface area contributed by atoms with Crippen molar-refractivity contribution in [2.24, 2.45) is 0 Å². The van der Waals surface area contributed by atoms with Crippen molar-refractivity contribution in [3.05, 3.63) is 17.7 Å². The largest absolute Gasteiger partial charge is 0.478 e. The lowest BCUT2D eigenvalue weighted by Gasteiger charge is -2.05. The van der Waals surface area contributed by atoms with Crippen LogP contribution in [0.5, 0.6) is 5.88 Å². The summed E-state index contributed by atoms with van der Waals surface area (Å²) in [7, 11) is 0. The first-order valence-corrected chi connectivity index (χ1v) is 4.77. The molecule has 82 valence electrons. The van der Waals surface area contributed by atoms with Crippen molar-refractivity contribution in [2.75, 3.05) is 12.3 Å². The van der Waals surface area contributed by atoms with Crippen molar-refractivity contribution >= 4 is 11.8 Å². The quantitative estimate of drug-likeness (QED) is 0.720. The molecule has 5 nitrogen and oxygen atoms in total. The van der Waals surface area contributed by atoms with Crippen LogP contribution in [0.3, 0.4) is 0 Å². The molecule has 0 spiro atoms. The van der Waals surface area contributed by atoms with Gasteiger partial charge in [0.2, 0.25) is 5.88 Å². The van der Waals surface area contributed by atoms with Crippen molar-refractivity contribution in [3.63, 3.8) is 0 Å². The monoisotopic (exact) mass is 210 g/mol. The van der Waals surface area contributed by atoms with Gasteiger partial charge >= 0.3 is 5.97 Å². The van der Waals surface area contributed by atoms with Gasteiger partial charge in [-0.1, -0.05) is 13.3 Å². The molecule has 0 saturated carbocycles. The number of nitrogens with zero attached hydrogens (tertiary/aromatic N) is 1. The van der Waals surface area contributed by atoms with Gasteiger partial charge in [0, 0.05) is 6.07 Å². The lowest BCUT2D eigenvalue weighted by atomic mass is 10.2. The van der Waals surface area contributed by atoms with Gasteiger partial charge in [-0.2, -0.15) is 4.98 Å². The zero-order chi connectivity index (χ0) is 11.3. The Morgan fingerprint density at radius 2 is 2.33 bits per heavy atom. The number of hydrogen-bond acceptors (Lipinski definition) is 4. The zero-order valence-electron chi connectivity index (χ0n) is 8.56. The zero-order valence-corrected chi connectivity index (χ0v) is 8.56. The number of hydrogen-bond donors (Lipinski definition) is 2. The summed E-state index contributed by atoms with van der Waals surface area (Å²) in [4.78, 5) is 14.5. The SMILES string of the molecule is CCCCOc1ccc(C(=O)O)c(N)n1. The van der Waals surface area contributed by atoms with E-state index in [0.717, 1.165) is 12.8 Å². The first-order chi connectivity index (χ1) is 7.15. The highest BCUT2D eigenvalue weighted by molar-refractivity contribution is 5.92. The van der Waals surface area contributed by atoms with E-state index in [4.69, 9.17) is 15.6 Å². The molecule has 0 aliphatic heterocycles. The number of carboxylic acids is 1. The minimum Gasteiger partial charge on any atom is -0.478 e. The van der Waals surface area contributed by atoms with Crippen LogP contribution in [-0.4, -0.2) is 22.7 Å². The van der Waals surface area contributed by atoms with Gasteiger partial charge in [-0.15, -0.1) is 0 Å². The molecule has 0 aliphatic carbocycles. The molecule has 0 amide bonds. The number of carboxylic acid groups (broad SMARTS) is 1. The van der Waals surface area contributed by atoms with Crippen LogP contribution in [0.2, 0.25) is 0 Å². The number of unbranched alkanes of at least 4 members (excludes halogenated alkanes) is 1. The van der Waals surface area contributed by atoms with E-state index in [1.54, 1.807) is 0 Å². The number of nitrogen functional groups attached to an aromatic ring is 1. The number of carbonyl (C=O) groups is 1. The smallest absolute Gasteiger partial charge is 0.339 e.